The maximum atomic E-state index is 14.7. The minimum atomic E-state index is -0.737. The van der Waals surface area contributed by atoms with E-state index in [0.29, 0.717) is 25.5 Å². The molecule has 1 aromatic carbocycles. The van der Waals surface area contributed by atoms with Crippen molar-refractivity contribution in [2.45, 2.75) is 12.8 Å². The highest BCUT2D eigenvalue weighted by molar-refractivity contribution is 6.45. The zero-order chi connectivity index (χ0) is 23.5. The molecule has 1 saturated heterocycles. The van der Waals surface area contributed by atoms with E-state index >= 15 is 0 Å². The van der Waals surface area contributed by atoms with E-state index in [1.54, 1.807) is 11.1 Å². The summed E-state index contributed by atoms with van der Waals surface area (Å²) in [4.78, 5) is 37.0. The number of carbonyl (C=O) groups excluding carboxylic acids is 2. The summed E-state index contributed by atoms with van der Waals surface area (Å²) in [7, 11) is 0. The van der Waals surface area contributed by atoms with E-state index in [1.807, 2.05) is 18.2 Å². The second-order valence-corrected chi connectivity index (χ2v) is 8.28. The van der Waals surface area contributed by atoms with Crippen LogP contribution in [-0.4, -0.2) is 79.2 Å². The lowest BCUT2D eigenvalue weighted by Crippen LogP contribution is -2.39. The molecule has 9 nitrogen and oxygen atoms in total. The van der Waals surface area contributed by atoms with Crippen molar-refractivity contribution in [2.75, 3.05) is 32.7 Å². The number of pyridine rings is 1. The minimum Gasteiger partial charge on any atom is -0.357 e. The first kappa shape index (κ1) is 21.9. The van der Waals surface area contributed by atoms with Crippen molar-refractivity contribution in [3.63, 3.8) is 0 Å². The van der Waals surface area contributed by atoms with Gasteiger partial charge in [0.25, 0.3) is 11.7 Å². The summed E-state index contributed by atoms with van der Waals surface area (Å²) in [5, 5.41) is 7.64. The fourth-order valence-electron chi connectivity index (χ4n) is 4.36. The molecule has 1 aliphatic rings. The molecule has 0 unspecified atom stereocenters. The van der Waals surface area contributed by atoms with Gasteiger partial charge in [0.2, 0.25) is 0 Å². The second-order valence-electron chi connectivity index (χ2n) is 8.28. The Morgan fingerprint density at radius 3 is 2.74 bits per heavy atom. The maximum absolute atomic E-state index is 14.7. The zero-order valence-electron chi connectivity index (χ0n) is 18.5. The minimum absolute atomic E-state index is 0.00792. The van der Waals surface area contributed by atoms with E-state index in [2.05, 4.69) is 37.3 Å². The number of aromatic nitrogens is 5. The number of benzene rings is 1. The molecule has 0 spiro atoms. The van der Waals surface area contributed by atoms with Crippen LogP contribution in [-0.2, 0) is 11.2 Å². The quantitative estimate of drug-likeness (QED) is 0.349. The van der Waals surface area contributed by atoms with Crippen molar-refractivity contribution in [3.05, 3.63) is 72.1 Å². The molecular formula is C24H24FN7O2. The first-order valence-corrected chi connectivity index (χ1v) is 11.2. The number of H-pyrrole nitrogens is 1. The van der Waals surface area contributed by atoms with Crippen molar-refractivity contribution < 1.29 is 14.0 Å². The number of halogens is 1. The Bertz CT molecular complexity index is 1300. The standard InChI is InChI=1S/C24H24FN7O2/c25-19-16-27-23(32-12-8-28-29-32)21-20(19)18(15-26-21)22(33)24(34)31-10-4-9-30(13-14-31)11-7-17-5-2-1-3-6-17/h1-3,5-6,8,12,15-16,26H,4,7,9-11,13-14H2. The second kappa shape index (κ2) is 9.52. The lowest BCUT2D eigenvalue weighted by molar-refractivity contribution is -0.126. The summed E-state index contributed by atoms with van der Waals surface area (Å²) < 4.78 is 16.1. The third-order valence-corrected chi connectivity index (χ3v) is 6.16. The van der Waals surface area contributed by atoms with Gasteiger partial charge in [-0.1, -0.05) is 35.5 Å². The van der Waals surface area contributed by atoms with E-state index in [0.717, 1.165) is 32.1 Å². The SMILES string of the molecule is O=C(C(=O)N1CCCN(CCc2ccccc2)CC1)c1c[nH]c2c(-n3ccnn3)ncc(F)c12. The summed E-state index contributed by atoms with van der Waals surface area (Å²) in [6, 6.07) is 10.3. The highest BCUT2D eigenvalue weighted by Crippen LogP contribution is 2.26. The monoisotopic (exact) mass is 461 g/mol. The van der Waals surface area contributed by atoms with E-state index < -0.39 is 17.5 Å². The van der Waals surface area contributed by atoms with Crippen molar-refractivity contribution in [3.8, 4) is 5.82 Å². The van der Waals surface area contributed by atoms with E-state index in [1.165, 1.54) is 22.6 Å². The van der Waals surface area contributed by atoms with Crippen LogP contribution in [0.5, 0.6) is 0 Å². The molecule has 4 aromatic rings. The van der Waals surface area contributed by atoms with Gasteiger partial charge in [0.05, 0.1) is 35.1 Å². The molecule has 0 radical (unpaired) electrons. The molecule has 10 heteroatoms. The number of rotatable bonds is 6. The molecule has 0 saturated carbocycles. The molecule has 1 N–H and O–H groups in total. The van der Waals surface area contributed by atoms with Crippen molar-refractivity contribution in [1.29, 1.82) is 0 Å². The summed E-state index contributed by atoms with van der Waals surface area (Å²) in [5.41, 5.74) is 1.55. The molecule has 34 heavy (non-hydrogen) atoms. The summed E-state index contributed by atoms with van der Waals surface area (Å²) >= 11 is 0. The van der Waals surface area contributed by atoms with Crippen LogP contribution in [0, 0.1) is 5.82 Å². The molecule has 1 amide bonds. The summed E-state index contributed by atoms with van der Waals surface area (Å²) in [6.45, 7) is 3.39. The van der Waals surface area contributed by atoms with E-state index in [4.69, 9.17) is 0 Å². The summed E-state index contributed by atoms with van der Waals surface area (Å²) in [5.74, 6) is -1.74. The van der Waals surface area contributed by atoms with Gasteiger partial charge in [0, 0.05) is 32.4 Å². The topological polar surface area (TPSA) is 100 Å². The van der Waals surface area contributed by atoms with E-state index in [-0.39, 0.29) is 16.5 Å². The number of ketones is 1. The predicted octanol–water partition coefficient (Wildman–Crippen LogP) is 2.24. The Hall–Kier alpha value is -3.92. The van der Waals surface area contributed by atoms with Gasteiger partial charge < -0.3 is 14.8 Å². The Balaban J connectivity index is 1.30. The number of carbonyl (C=O) groups is 2. The molecule has 5 rings (SSSR count). The maximum Gasteiger partial charge on any atom is 0.295 e. The number of Topliss-reactive ketones (excluding diaryl/α,β-unsaturated/α-hetero) is 1. The lowest BCUT2D eigenvalue weighted by Gasteiger charge is -2.21. The number of aromatic amines is 1. The Morgan fingerprint density at radius 2 is 1.94 bits per heavy atom. The highest BCUT2D eigenvalue weighted by atomic mass is 19.1. The van der Waals surface area contributed by atoms with Crippen molar-refractivity contribution in [1.82, 2.24) is 34.8 Å². The van der Waals surface area contributed by atoms with Crippen LogP contribution in [0.3, 0.4) is 0 Å². The molecule has 1 aliphatic heterocycles. The molecule has 0 aliphatic carbocycles. The number of hydrogen-bond acceptors (Lipinski definition) is 6. The summed E-state index contributed by atoms with van der Waals surface area (Å²) in [6.07, 6.45) is 7.12. The zero-order valence-corrected chi connectivity index (χ0v) is 18.5. The molecule has 1 fully saturated rings. The molecule has 174 valence electrons. The number of nitrogens with one attached hydrogen (secondary N) is 1. The van der Waals surface area contributed by atoms with Crippen LogP contribution < -0.4 is 0 Å². The fourth-order valence-corrected chi connectivity index (χ4v) is 4.36. The van der Waals surface area contributed by atoms with Gasteiger partial charge in [-0.25, -0.2) is 14.1 Å². The number of nitrogens with zero attached hydrogens (tertiary/aromatic N) is 6. The van der Waals surface area contributed by atoms with Crippen molar-refractivity contribution in [2.24, 2.45) is 0 Å². The molecular weight excluding hydrogens is 437 g/mol. The molecule has 4 heterocycles. The van der Waals surface area contributed by atoms with Crippen LogP contribution in [0.4, 0.5) is 4.39 Å². The van der Waals surface area contributed by atoms with Crippen LogP contribution in [0.15, 0.2) is 55.1 Å². The predicted molar refractivity (Wildman–Crippen MR) is 123 cm³/mol. The van der Waals surface area contributed by atoms with Gasteiger partial charge in [-0.15, -0.1) is 5.10 Å². The third-order valence-electron chi connectivity index (χ3n) is 6.16. The third kappa shape index (κ3) is 4.32. The molecule has 3 aromatic heterocycles. The normalized spacial score (nSPS) is 14.9. The fraction of sp³-hybridized carbons (Fsp3) is 0.292. The lowest BCUT2D eigenvalue weighted by atomic mass is 10.1. The van der Waals surface area contributed by atoms with E-state index in [9.17, 15) is 14.0 Å². The van der Waals surface area contributed by atoms with Gasteiger partial charge in [0.1, 0.15) is 0 Å². The van der Waals surface area contributed by atoms with Crippen LogP contribution in [0.2, 0.25) is 0 Å². The van der Waals surface area contributed by atoms with Gasteiger partial charge in [-0.05, 0) is 24.9 Å². The van der Waals surface area contributed by atoms with Crippen molar-refractivity contribution >= 4 is 22.6 Å². The Morgan fingerprint density at radius 1 is 1.09 bits per heavy atom. The van der Waals surface area contributed by atoms with Crippen LogP contribution in [0.1, 0.15) is 22.3 Å². The Labute approximate surface area is 195 Å². The average Bonchev–Trinajstić information content (AvgIpc) is 3.50. The average molecular weight is 462 g/mol. The molecule has 0 atom stereocenters. The number of hydrogen-bond donors (Lipinski definition) is 1. The van der Waals surface area contributed by atoms with Gasteiger partial charge in [-0.2, -0.15) is 0 Å². The molecule has 0 bridgehead atoms. The largest absolute Gasteiger partial charge is 0.357 e. The number of fused-ring (bicyclic) bond motifs is 1. The van der Waals surface area contributed by atoms with Crippen LogP contribution in [0.25, 0.3) is 16.7 Å². The van der Waals surface area contributed by atoms with Gasteiger partial charge >= 0.3 is 0 Å². The first-order valence-electron chi connectivity index (χ1n) is 11.2. The first-order chi connectivity index (χ1) is 16.6. The van der Waals surface area contributed by atoms with Gasteiger partial charge in [-0.3, -0.25) is 9.59 Å². The smallest absolute Gasteiger partial charge is 0.295 e. The Kier molecular flexibility index (Phi) is 6.13. The van der Waals surface area contributed by atoms with Crippen LogP contribution >= 0.6 is 0 Å². The highest BCUT2D eigenvalue weighted by Gasteiger charge is 2.29. The van der Waals surface area contributed by atoms with Gasteiger partial charge in [0.15, 0.2) is 11.6 Å². The number of amides is 1.